The van der Waals surface area contributed by atoms with Gasteiger partial charge in [-0.2, -0.15) is 4.98 Å². The number of nitrogens with zero attached hydrogens (tertiary/aromatic N) is 5. The van der Waals surface area contributed by atoms with E-state index in [1.165, 1.54) is 12.3 Å². The van der Waals surface area contributed by atoms with E-state index in [0.29, 0.717) is 17.3 Å². The average Bonchev–Trinajstić information content (AvgIpc) is 3.00. The Hall–Kier alpha value is -2.57. The first-order valence-corrected chi connectivity index (χ1v) is 4.84. The van der Waals surface area contributed by atoms with E-state index in [2.05, 4.69) is 25.1 Å². The molecule has 0 saturated heterocycles. The monoisotopic (exact) mass is 230 g/mol. The van der Waals surface area contributed by atoms with Gasteiger partial charge in [0.25, 0.3) is 5.95 Å². The van der Waals surface area contributed by atoms with Crippen molar-refractivity contribution in [1.29, 1.82) is 0 Å². The largest absolute Gasteiger partial charge is 0.273 e. The molecule has 0 unspecified atom stereocenters. The first-order valence-electron chi connectivity index (χ1n) is 4.84. The molecule has 1 N–H and O–H groups in total. The van der Waals surface area contributed by atoms with E-state index in [-0.39, 0.29) is 0 Å². The SMILES string of the molecule is Fc1cncc(-c2nc(-n3ccnc3)n[nH]2)c1. The van der Waals surface area contributed by atoms with Gasteiger partial charge in [-0.05, 0) is 6.07 Å². The molecule has 0 bridgehead atoms. The highest BCUT2D eigenvalue weighted by Gasteiger charge is 2.07. The Labute approximate surface area is 95.2 Å². The molecule has 7 heteroatoms. The molecule has 0 spiro atoms. The van der Waals surface area contributed by atoms with Crippen LogP contribution in [0, 0.1) is 5.82 Å². The molecule has 3 aromatic rings. The van der Waals surface area contributed by atoms with Crippen LogP contribution in [-0.2, 0) is 0 Å². The third-order valence-corrected chi connectivity index (χ3v) is 2.19. The van der Waals surface area contributed by atoms with Gasteiger partial charge in [0, 0.05) is 24.2 Å². The third-order valence-electron chi connectivity index (χ3n) is 2.19. The van der Waals surface area contributed by atoms with E-state index in [1.54, 1.807) is 23.3 Å². The third kappa shape index (κ3) is 1.78. The summed E-state index contributed by atoms with van der Waals surface area (Å²) >= 11 is 0. The number of halogens is 1. The molecule has 0 aromatic carbocycles. The minimum absolute atomic E-state index is 0.414. The fourth-order valence-corrected chi connectivity index (χ4v) is 1.42. The zero-order valence-corrected chi connectivity index (χ0v) is 8.58. The quantitative estimate of drug-likeness (QED) is 0.717. The molecule has 0 aliphatic rings. The summed E-state index contributed by atoms with van der Waals surface area (Å²) in [4.78, 5) is 11.9. The van der Waals surface area contributed by atoms with Crippen molar-refractivity contribution in [3.63, 3.8) is 0 Å². The normalized spacial score (nSPS) is 10.6. The Balaban J connectivity index is 2.01. The Morgan fingerprint density at radius 2 is 2.18 bits per heavy atom. The lowest BCUT2D eigenvalue weighted by atomic mass is 10.3. The smallest absolute Gasteiger partial charge is 0.254 e. The van der Waals surface area contributed by atoms with Crippen LogP contribution in [0.2, 0.25) is 0 Å². The van der Waals surface area contributed by atoms with Gasteiger partial charge in [0.05, 0.1) is 6.20 Å². The van der Waals surface area contributed by atoms with Gasteiger partial charge in [-0.3, -0.25) is 14.6 Å². The number of H-pyrrole nitrogens is 1. The van der Waals surface area contributed by atoms with Crippen molar-refractivity contribution < 1.29 is 4.39 Å². The predicted molar refractivity (Wildman–Crippen MR) is 56.7 cm³/mol. The number of hydrogen-bond acceptors (Lipinski definition) is 4. The van der Waals surface area contributed by atoms with Crippen molar-refractivity contribution in [2.75, 3.05) is 0 Å². The van der Waals surface area contributed by atoms with Gasteiger partial charge < -0.3 is 0 Å². The predicted octanol–water partition coefficient (Wildman–Crippen LogP) is 1.19. The molecule has 0 saturated carbocycles. The van der Waals surface area contributed by atoms with Crippen molar-refractivity contribution in [3.8, 4) is 17.3 Å². The van der Waals surface area contributed by atoms with Crippen molar-refractivity contribution in [1.82, 2.24) is 29.7 Å². The maximum Gasteiger partial charge on any atom is 0.254 e. The number of nitrogens with one attached hydrogen (secondary N) is 1. The summed E-state index contributed by atoms with van der Waals surface area (Å²) in [5.41, 5.74) is 0.545. The maximum atomic E-state index is 13.0. The lowest BCUT2D eigenvalue weighted by Crippen LogP contribution is -1.92. The molecular weight excluding hydrogens is 223 g/mol. The lowest BCUT2D eigenvalue weighted by Gasteiger charge is -1.94. The fraction of sp³-hybridized carbons (Fsp3) is 0. The molecule has 6 nitrogen and oxygen atoms in total. The molecular formula is C10H7FN6. The maximum absolute atomic E-state index is 13.0. The van der Waals surface area contributed by atoms with E-state index in [1.807, 2.05) is 0 Å². The summed E-state index contributed by atoms with van der Waals surface area (Å²) in [7, 11) is 0. The molecule has 0 aliphatic heterocycles. The molecule has 0 atom stereocenters. The van der Waals surface area contributed by atoms with Crippen LogP contribution in [0.25, 0.3) is 17.3 Å². The summed E-state index contributed by atoms with van der Waals surface area (Å²) < 4.78 is 14.6. The summed E-state index contributed by atoms with van der Waals surface area (Å²) in [6.07, 6.45) is 7.57. The van der Waals surface area contributed by atoms with Crippen LogP contribution in [0.1, 0.15) is 0 Å². The highest BCUT2D eigenvalue weighted by Crippen LogP contribution is 2.15. The summed E-state index contributed by atoms with van der Waals surface area (Å²) in [5.74, 6) is 0.491. The lowest BCUT2D eigenvalue weighted by molar-refractivity contribution is 0.622. The van der Waals surface area contributed by atoms with E-state index in [9.17, 15) is 4.39 Å². The van der Waals surface area contributed by atoms with Gasteiger partial charge in [-0.1, -0.05) is 0 Å². The van der Waals surface area contributed by atoms with Crippen LogP contribution in [0.4, 0.5) is 4.39 Å². The minimum Gasteiger partial charge on any atom is -0.273 e. The van der Waals surface area contributed by atoms with Gasteiger partial charge in [-0.25, -0.2) is 9.37 Å². The van der Waals surface area contributed by atoms with Crippen molar-refractivity contribution in [2.24, 2.45) is 0 Å². The number of imidazole rings is 1. The summed E-state index contributed by atoms with van der Waals surface area (Å²) in [6, 6.07) is 1.34. The van der Waals surface area contributed by atoms with Gasteiger partial charge in [0.15, 0.2) is 5.82 Å². The van der Waals surface area contributed by atoms with Crippen LogP contribution in [0.15, 0.2) is 37.2 Å². The molecule has 17 heavy (non-hydrogen) atoms. The number of pyridine rings is 1. The van der Waals surface area contributed by atoms with Crippen molar-refractivity contribution in [2.45, 2.75) is 0 Å². The van der Waals surface area contributed by atoms with E-state index in [0.717, 1.165) is 6.20 Å². The standard InChI is InChI=1S/C10H7FN6/c11-8-3-7(4-13-5-8)9-14-10(16-15-9)17-2-1-12-6-17/h1-6H,(H,14,15,16). The second kappa shape index (κ2) is 3.78. The average molecular weight is 230 g/mol. The molecule has 3 heterocycles. The van der Waals surface area contributed by atoms with Crippen LogP contribution >= 0.6 is 0 Å². The Morgan fingerprint density at radius 3 is 2.94 bits per heavy atom. The molecule has 84 valence electrons. The second-order valence-corrected chi connectivity index (χ2v) is 3.35. The molecule has 0 fully saturated rings. The fourth-order valence-electron chi connectivity index (χ4n) is 1.42. The number of aromatic nitrogens is 6. The highest BCUT2D eigenvalue weighted by molar-refractivity contribution is 5.53. The van der Waals surface area contributed by atoms with Crippen LogP contribution < -0.4 is 0 Å². The molecule has 0 amide bonds. The second-order valence-electron chi connectivity index (χ2n) is 3.35. The molecule has 3 rings (SSSR count). The van der Waals surface area contributed by atoms with E-state index < -0.39 is 5.82 Å². The van der Waals surface area contributed by atoms with Gasteiger partial charge >= 0.3 is 0 Å². The molecule has 0 aliphatic carbocycles. The Morgan fingerprint density at radius 1 is 1.24 bits per heavy atom. The van der Waals surface area contributed by atoms with E-state index in [4.69, 9.17) is 0 Å². The highest BCUT2D eigenvalue weighted by atomic mass is 19.1. The zero-order chi connectivity index (χ0) is 11.7. The zero-order valence-electron chi connectivity index (χ0n) is 8.58. The van der Waals surface area contributed by atoms with Gasteiger partial charge in [0.2, 0.25) is 0 Å². The van der Waals surface area contributed by atoms with Gasteiger partial charge in [-0.15, -0.1) is 5.10 Å². The number of hydrogen-bond donors (Lipinski definition) is 1. The van der Waals surface area contributed by atoms with Crippen LogP contribution in [0.3, 0.4) is 0 Å². The first-order chi connectivity index (χ1) is 8.33. The van der Waals surface area contributed by atoms with Gasteiger partial charge in [0.1, 0.15) is 12.1 Å². The number of rotatable bonds is 2. The first kappa shape index (κ1) is 9.64. The van der Waals surface area contributed by atoms with Crippen LogP contribution in [0.5, 0.6) is 0 Å². The van der Waals surface area contributed by atoms with E-state index >= 15 is 0 Å². The Kier molecular flexibility index (Phi) is 2.14. The summed E-state index contributed by atoms with van der Waals surface area (Å²) in [6.45, 7) is 0. The van der Waals surface area contributed by atoms with Crippen LogP contribution in [-0.4, -0.2) is 29.7 Å². The van der Waals surface area contributed by atoms with Crippen molar-refractivity contribution in [3.05, 3.63) is 43.0 Å². The number of aromatic amines is 1. The summed E-state index contributed by atoms with van der Waals surface area (Å²) in [5, 5.41) is 6.72. The minimum atomic E-state index is -0.414. The topological polar surface area (TPSA) is 72.3 Å². The molecule has 0 radical (unpaired) electrons. The van der Waals surface area contributed by atoms with Crippen molar-refractivity contribution >= 4 is 0 Å². The Bertz CT molecular complexity index is 630. The molecule has 3 aromatic heterocycles.